The Morgan fingerprint density at radius 3 is 2.64 bits per heavy atom. The van der Waals surface area contributed by atoms with E-state index in [0.717, 1.165) is 50.0 Å². The van der Waals surface area contributed by atoms with Crippen LogP contribution in [-0.4, -0.2) is 30.6 Å². The highest BCUT2D eigenvalue weighted by Crippen LogP contribution is 2.70. The summed E-state index contributed by atoms with van der Waals surface area (Å²) in [6.07, 6.45) is 13.6. The predicted octanol–water partition coefficient (Wildman–Crippen LogP) is 6.28. The molecule has 0 N–H and O–H groups in total. The number of carbonyl (C=O) groups is 1. The smallest absolute Gasteiger partial charge is 0.302 e. The highest BCUT2D eigenvalue weighted by molar-refractivity contribution is 5.66. The molecule has 0 aromatic rings. The van der Waals surface area contributed by atoms with E-state index in [9.17, 15) is 4.79 Å². The van der Waals surface area contributed by atoms with Crippen LogP contribution in [0.4, 0.5) is 0 Å². The third kappa shape index (κ3) is 3.18. The molecule has 0 bridgehead atoms. The van der Waals surface area contributed by atoms with Gasteiger partial charge in [-0.2, -0.15) is 0 Å². The maximum absolute atomic E-state index is 11.5. The van der Waals surface area contributed by atoms with Gasteiger partial charge in [-0.3, -0.25) is 4.79 Å². The number of hydrogen-bond donors (Lipinski definition) is 0. The Bertz CT molecular complexity index is 841. The zero-order valence-corrected chi connectivity index (χ0v) is 21.4. The summed E-state index contributed by atoms with van der Waals surface area (Å²) in [5.74, 6) is 3.64. The fraction of sp³-hybridized carbons (Fsp3) is 0.897. The molecule has 4 aliphatic carbocycles. The lowest BCUT2D eigenvalue weighted by molar-refractivity contribution is -0.272. The maximum atomic E-state index is 11.5. The first-order valence-corrected chi connectivity index (χ1v) is 13.8. The van der Waals surface area contributed by atoms with E-state index in [4.69, 9.17) is 14.2 Å². The van der Waals surface area contributed by atoms with Crippen molar-refractivity contribution in [1.29, 1.82) is 0 Å². The van der Waals surface area contributed by atoms with Crippen molar-refractivity contribution in [3.05, 3.63) is 11.6 Å². The van der Waals surface area contributed by atoms with Crippen molar-refractivity contribution < 1.29 is 19.0 Å². The van der Waals surface area contributed by atoms with E-state index >= 15 is 0 Å². The monoisotopic (exact) mass is 456 g/mol. The molecule has 11 atom stereocenters. The van der Waals surface area contributed by atoms with E-state index in [1.165, 1.54) is 32.1 Å². The summed E-state index contributed by atoms with van der Waals surface area (Å²) < 4.78 is 19.0. The van der Waals surface area contributed by atoms with Crippen molar-refractivity contribution in [1.82, 2.24) is 0 Å². The van der Waals surface area contributed by atoms with Crippen LogP contribution in [0.3, 0.4) is 0 Å². The Hall–Kier alpha value is -0.870. The van der Waals surface area contributed by atoms with Crippen LogP contribution in [0, 0.1) is 46.3 Å². The minimum Gasteiger partial charge on any atom is -0.462 e. The van der Waals surface area contributed by atoms with Crippen LogP contribution in [0.1, 0.15) is 92.4 Å². The van der Waals surface area contributed by atoms with Gasteiger partial charge in [-0.05, 0) is 85.4 Å². The van der Waals surface area contributed by atoms with Gasteiger partial charge in [-0.15, -0.1) is 0 Å². The highest BCUT2D eigenvalue weighted by Gasteiger charge is 2.68. The number of fused-ring (bicyclic) bond motifs is 7. The summed E-state index contributed by atoms with van der Waals surface area (Å²) in [6.45, 7) is 12.3. The zero-order chi connectivity index (χ0) is 23.2. The van der Waals surface area contributed by atoms with Crippen LogP contribution in [0.2, 0.25) is 0 Å². The predicted molar refractivity (Wildman–Crippen MR) is 127 cm³/mol. The zero-order valence-electron chi connectivity index (χ0n) is 21.4. The SMILES string of the molecule is CC(=O)O[C@@H]1CC[C@@]2(C)C(=CC[C@H]3C4C[C@@H]5O[C@]6(CC[C@@H](C)CO6)[C@@H](C)C5[C@@]4(C)CCC32)C1. The standard InChI is InChI=1S/C29H44O4/c1-17-8-13-29(31-16-17)18(2)26-25(33-29)15-24-22-7-6-20-14-21(32-19(3)30)9-11-27(20,4)23(22)10-12-28(24,26)5/h6,17-18,21-26H,7-16H2,1-5H3/t17-,18+,21-,22-,23?,24?,25+,26?,27+,28+,29-/m1/s1. The number of esters is 1. The van der Waals surface area contributed by atoms with Gasteiger partial charge in [0.15, 0.2) is 5.79 Å². The Balaban J connectivity index is 1.24. The van der Waals surface area contributed by atoms with Crippen molar-refractivity contribution >= 4 is 5.97 Å². The molecule has 3 unspecified atom stereocenters. The summed E-state index contributed by atoms with van der Waals surface area (Å²) in [6, 6.07) is 0. The van der Waals surface area contributed by atoms with Crippen molar-refractivity contribution in [3.63, 3.8) is 0 Å². The van der Waals surface area contributed by atoms with Crippen LogP contribution in [0.25, 0.3) is 0 Å². The quantitative estimate of drug-likeness (QED) is 0.344. The second-order valence-corrected chi connectivity index (χ2v) is 13.3. The molecule has 2 heterocycles. The number of rotatable bonds is 1. The number of ether oxygens (including phenoxy) is 3. The molecule has 0 amide bonds. The summed E-state index contributed by atoms with van der Waals surface area (Å²) in [7, 11) is 0. The summed E-state index contributed by atoms with van der Waals surface area (Å²) >= 11 is 0. The van der Waals surface area contributed by atoms with Gasteiger partial charge in [0.05, 0.1) is 12.7 Å². The largest absolute Gasteiger partial charge is 0.462 e. The summed E-state index contributed by atoms with van der Waals surface area (Å²) in [5, 5.41) is 0. The molecular formula is C29H44O4. The Kier molecular flexibility index (Phi) is 5.18. The Morgan fingerprint density at radius 2 is 1.91 bits per heavy atom. The number of hydrogen-bond acceptors (Lipinski definition) is 4. The molecule has 1 spiro atoms. The lowest BCUT2D eigenvalue weighted by Gasteiger charge is -2.58. The molecule has 5 fully saturated rings. The minimum absolute atomic E-state index is 0.0849. The minimum atomic E-state index is -0.312. The summed E-state index contributed by atoms with van der Waals surface area (Å²) in [4.78, 5) is 11.5. The van der Waals surface area contributed by atoms with E-state index in [2.05, 4.69) is 33.8 Å². The first-order chi connectivity index (χ1) is 15.7. The maximum Gasteiger partial charge on any atom is 0.302 e. The van der Waals surface area contributed by atoms with Gasteiger partial charge in [-0.1, -0.05) is 39.3 Å². The third-order valence-corrected chi connectivity index (χ3v) is 11.7. The van der Waals surface area contributed by atoms with Gasteiger partial charge < -0.3 is 14.2 Å². The van der Waals surface area contributed by atoms with Gasteiger partial charge in [-0.25, -0.2) is 0 Å². The van der Waals surface area contributed by atoms with Gasteiger partial charge in [0.25, 0.3) is 0 Å². The Morgan fingerprint density at radius 1 is 1.09 bits per heavy atom. The molecular weight excluding hydrogens is 412 g/mol. The van der Waals surface area contributed by atoms with E-state index in [1.54, 1.807) is 12.5 Å². The van der Waals surface area contributed by atoms with Crippen molar-refractivity contribution in [2.75, 3.05) is 6.61 Å². The van der Waals surface area contributed by atoms with Gasteiger partial charge in [0, 0.05) is 25.7 Å². The normalized spacial score (nSPS) is 55.2. The van der Waals surface area contributed by atoms with Crippen molar-refractivity contribution in [2.24, 2.45) is 46.3 Å². The topological polar surface area (TPSA) is 44.8 Å². The van der Waals surface area contributed by atoms with Crippen LogP contribution in [0.5, 0.6) is 0 Å². The van der Waals surface area contributed by atoms with E-state index < -0.39 is 0 Å². The lowest BCUT2D eigenvalue weighted by Crippen LogP contribution is -2.52. The number of carbonyl (C=O) groups excluding carboxylic acids is 1. The average Bonchev–Trinajstić information content (AvgIpc) is 3.21. The van der Waals surface area contributed by atoms with E-state index in [0.29, 0.717) is 29.3 Å². The highest BCUT2D eigenvalue weighted by atomic mass is 16.7. The van der Waals surface area contributed by atoms with Crippen LogP contribution < -0.4 is 0 Å². The van der Waals surface area contributed by atoms with E-state index in [-0.39, 0.29) is 23.3 Å². The molecule has 0 aromatic carbocycles. The van der Waals surface area contributed by atoms with Crippen LogP contribution in [0.15, 0.2) is 11.6 Å². The van der Waals surface area contributed by atoms with Crippen LogP contribution in [-0.2, 0) is 19.0 Å². The molecule has 4 heteroatoms. The molecule has 0 aromatic heterocycles. The van der Waals surface area contributed by atoms with Gasteiger partial charge >= 0.3 is 5.97 Å². The average molecular weight is 457 g/mol. The fourth-order valence-electron chi connectivity index (χ4n) is 9.98. The first-order valence-electron chi connectivity index (χ1n) is 13.8. The van der Waals surface area contributed by atoms with E-state index in [1.807, 2.05) is 0 Å². The molecule has 4 nitrogen and oxygen atoms in total. The number of allylic oxidation sites excluding steroid dienone is 1. The Labute approximate surface area is 200 Å². The molecule has 0 radical (unpaired) electrons. The molecule has 184 valence electrons. The fourth-order valence-corrected chi connectivity index (χ4v) is 9.98. The molecule has 6 aliphatic rings. The first kappa shape index (κ1) is 22.6. The molecule has 2 saturated heterocycles. The van der Waals surface area contributed by atoms with Gasteiger partial charge in [0.2, 0.25) is 0 Å². The van der Waals surface area contributed by atoms with Crippen molar-refractivity contribution in [2.45, 2.75) is 110 Å². The molecule has 2 aliphatic heterocycles. The van der Waals surface area contributed by atoms with Crippen molar-refractivity contribution in [3.8, 4) is 0 Å². The lowest BCUT2D eigenvalue weighted by atomic mass is 9.47. The third-order valence-electron chi connectivity index (χ3n) is 11.7. The van der Waals surface area contributed by atoms with Gasteiger partial charge in [0.1, 0.15) is 6.10 Å². The van der Waals surface area contributed by atoms with Crippen LogP contribution >= 0.6 is 0 Å². The molecule has 6 rings (SSSR count). The second-order valence-electron chi connectivity index (χ2n) is 13.3. The molecule has 33 heavy (non-hydrogen) atoms. The second kappa shape index (κ2) is 7.56. The summed E-state index contributed by atoms with van der Waals surface area (Å²) in [5.41, 5.74) is 2.24. The molecule has 3 saturated carbocycles.